The minimum Gasteiger partial charge on any atom is -0.299 e. The molecule has 0 radical (unpaired) electrons. The fourth-order valence-corrected chi connectivity index (χ4v) is 1.81. The average molecular weight is 202 g/mol. The van der Waals surface area contributed by atoms with E-state index in [1.807, 2.05) is 6.08 Å². The summed E-state index contributed by atoms with van der Waals surface area (Å²) in [5.74, 6) is 0. The summed E-state index contributed by atoms with van der Waals surface area (Å²) in [4.78, 5) is 10.3. The smallest absolute Gasteiger partial charge is 0.142 e. The van der Waals surface area contributed by atoms with Crippen LogP contribution in [-0.4, -0.2) is 6.29 Å². The molecule has 1 rings (SSSR count). The molecule has 0 bridgehead atoms. The second kappa shape index (κ2) is 5.50. The van der Waals surface area contributed by atoms with E-state index in [-0.39, 0.29) is 0 Å². The van der Waals surface area contributed by atoms with Gasteiger partial charge in [-0.1, -0.05) is 32.1 Å². The second-order valence-electron chi connectivity index (χ2n) is 3.68. The van der Waals surface area contributed by atoms with Gasteiger partial charge in [-0.2, -0.15) is 0 Å². The van der Waals surface area contributed by atoms with E-state index in [9.17, 15) is 4.79 Å². The Morgan fingerprint density at radius 1 is 1.13 bits per heavy atom. The monoisotopic (exact) mass is 202 g/mol. The zero-order valence-electron chi connectivity index (χ0n) is 9.71. The summed E-state index contributed by atoms with van der Waals surface area (Å²) in [6, 6.07) is 4.41. The van der Waals surface area contributed by atoms with Gasteiger partial charge in [-0.25, -0.2) is 0 Å². The summed E-state index contributed by atoms with van der Waals surface area (Å²) < 4.78 is 0. The van der Waals surface area contributed by atoms with Gasteiger partial charge in [0.25, 0.3) is 0 Å². The number of aldehydes is 1. The first-order chi connectivity index (χ1) is 7.22. The number of benzene rings is 1. The predicted octanol–water partition coefficient (Wildman–Crippen LogP) is 3.33. The Morgan fingerprint density at radius 2 is 1.80 bits per heavy atom. The Morgan fingerprint density at radius 3 is 2.33 bits per heavy atom. The van der Waals surface area contributed by atoms with Crippen LogP contribution in [0, 0.1) is 6.92 Å². The highest BCUT2D eigenvalue weighted by Gasteiger charge is 2.02. The summed E-state index contributed by atoms with van der Waals surface area (Å²) in [7, 11) is 0. The molecule has 0 unspecified atom stereocenters. The van der Waals surface area contributed by atoms with E-state index in [0.29, 0.717) is 0 Å². The van der Waals surface area contributed by atoms with Gasteiger partial charge in [-0.15, -0.1) is 0 Å². The van der Waals surface area contributed by atoms with Crippen molar-refractivity contribution in [1.82, 2.24) is 0 Å². The quantitative estimate of drug-likeness (QED) is 0.540. The van der Waals surface area contributed by atoms with Crippen LogP contribution in [0.1, 0.15) is 36.1 Å². The molecule has 0 aromatic heterocycles. The molecule has 15 heavy (non-hydrogen) atoms. The van der Waals surface area contributed by atoms with Crippen LogP contribution in [0.5, 0.6) is 0 Å². The molecule has 0 saturated carbocycles. The molecule has 0 heterocycles. The fourth-order valence-electron chi connectivity index (χ4n) is 1.81. The van der Waals surface area contributed by atoms with Crippen molar-refractivity contribution in [2.45, 2.75) is 33.6 Å². The Balaban J connectivity index is 3.20. The van der Waals surface area contributed by atoms with Crippen LogP contribution in [0.3, 0.4) is 0 Å². The first-order valence-corrected chi connectivity index (χ1v) is 5.47. The number of carbonyl (C=O) groups is 1. The first kappa shape index (κ1) is 11.7. The van der Waals surface area contributed by atoms with Gasteiger partial charge in [0.2, 0.25) is 0 Å². The topological polar surface area (TPSA) is 17.1 Å². The lowest BCUT2D eigenvalue weighted by atomic mass is 9.96. The Labute approximate surface area is 91.8 Å². The SMILES string of the molecule is CCc1cc(CC)c(C=CC=O)cc1C. The van der Waals surface area contributed by atoms with Gasteiger partial charge in [-0.3, -0.25) is 4.79 Å². The van der Waals surface area contributed by atoms with Crippen LogP contribution >= 0.6 is 0 Å². The van der Waals surface area contributed by atoms with E-state index in [4.69, 9.17) is 0 Å². The number of rotatable bonds is 4. The third-order valence-electron chi connectivity index (χ3n) is 2.71. The maximum atomic E-state index is 10.3. The lowest BCUT2D eigenvalue weighted by Crippen LogP contribution is -1.94. The van der Waals surface area contributed by atoms with E-state index in [1.54, 1.807) is 6.08 Å². The minimum atomic E-state index is 0.822. The molecule has 0 fully saturated rings. The maximum Gasteiger partial charge on any atom is 0.142 e. The van der Waals surface area contributed by atoms with Crippen LogP contribution in [0.2, 0.25) is 0 Å². The number of allylic oxidation sites excluding steroid dienone is 1. The van der Waals surface area contributed by atoms with Crippen molar-refractivity contribution in [2.24, 2.45) is 0 Å². The Bertz CT molecular complexity index is 375. The van der Waals surface area contributed by atoms with Crippen molar-refractivity contribution in [3.8, 4) is 0 Å². The van der Waals surface area contributed by atoms with Crippen LogP contribution in [0.15, 0.2) is 18.2 Å². The Hall–Kier alpha value is -1.37. The van der Waals surface area contributed by atoms with Crippen molar-refractivity contribution in [1.29, 1.82) is 0 Å². The number of hydrogen-bond acceptors (Lipinski definition) is 1. The van der Waals surface area contributed by atoms with Gasteiger partial charge < -0.3 is 0 Å². The number of carbonyl (C=O) groups excluding carboxylic acids is 1. The largest absolute Gasteiger partial charge is 0.299 e. The fraction of sp³-hybridized carbons (Fsp3) is 0.357. The standard InChI is InChI=1S/C14H18O/c1-4-12-10-13(5-2)14(7-6-8-15)9-11(12)3/h6-10H,4-5H2,1-3H3. The molecule has 1 heteroatoms. The molecule has 1 aromatic rings. The molecular formula is C14H18O. The van der Waals surface area contributed by atoms with E-state index >= 15 is 0 Å². The molecule has 1 aromatic carbocycles. The minimum absolute atomic E-state index is 0.822. The van der Waals surface area contributed by atoms with Crippen molar-refractivity contribution < 1.29 is 4.79 Å². The van der Waals surface area contributed by atoms with Crippen LogP contribution in [0.4, 0.5) is 0 Å². The van der Waals surface area contributed by atoms with Gasteiger partial charge in [0.15, 0.2) is 0 Å². The van der Waals surface area contributed by atoms with Crippen molar-refractivity contribution >= 4 is 12.4 Å². The van der Waals surface area contributed by atoms with Gasteiger partial charge >= 0.3 is 0 Å². The van der Waals surface area contributed by atoms with E-state index in [2.05, 4.69) is 32.9 Å². The molecule has 0 saturated heterocycles. The molecule has 0 aliphatic rings. The molecular weight excluding hydrogens is 184 g/mol. The number of aryl methyl sites for hydroxylation is 3. The van der Waals surface area contributed by atoms with Gasteiger partial charge in [0.05, 0.1) is 0 Å². The lowest BCUT2D eigenvalue weighted by molar-refractivity contribution is -0.104. The molecule has 0 aliphatic heterocycles. The zero-order chi connectivity index (χ0) is 11.3. The molecule has 0 spiro atoms. The van der Waals surface area contributed by atoms with E-state index < -0.39 is 0 Å². The summed E-state index contributed by atoms with van der Waals surface area (Å²) in [5, 5.41) is 0. The van der Waals surface area contributed by atoms with Crippen molar-refractivity contribution in [2.75, 3.05) is 0 Å². The molecule has 0 N–H and O–H groups in total. The second-order valence-corrected chi connectivity index (χ2v) is 3.68. The predicted molar refractivity (Wildman–Crippen MR) is 65.0 cm³/mol. The Kier molecular flexibility index (Phi) is 4.29. The lowest BCUT2D eigenvalue weighted by Gasteiger charge is -2.09. The third kappa shape index (κ3) is 2.79. The summed E-state index contributed by atoms with van der Waals surface area (Å²) >= 11 is 0. The first-order valence-electron chi connectivity index (χ1n) is 5.47. The molecule has 80 valence electrons. The van der Waals surface area contributed by atoms with Gasteiger partial charge in [0, 0.05) is 0 Å². The van der Waals surface area contributed by atoms with Crippen molar-refractivity contribution in [3.05, 3.63) is 40.5 Å². The molecule has 0 aliphatic carbocycles. The highest BCUT2D eigenvalue weighted by atomic mass is 16.1. The normalized spacial score (nSPS) is 10.9. The van der Waals surface area contributed by atoms with E-state index in [1.165, 1.54) is 22.3 Å². The van der Waals surface area contributed by atoms with Crippen LogP contribution in [0.25, 0.3) is 6.08 Å². The summed E-state index contributed by atoms with van der Waals surface area (Å²) in [5.41, 5.74) is 5.19. The molecule has 0 amide bonds. The average Bonchev–Trinajstić information content (AvgIpc) is 2.26. The van der Waals surface area contributed by atoms with Crippen LogP contribution in [-0.2, 0) is 17.6 Å². The highest BCUT2D eigenvalue weighted by Crippen LogP contribution is 2.19. The molecule has 1 nitrogen and oxygen atoms in total. The summed E-state index contributed by atoms with van der Waals surface area (Å²) in [6.45, 7) is 6.43. The van der Waals surface area contributed by atoms with E-state index in [0.717, 1.165) is 19.1 Å². The maximum absolute atomic E-state index is 10.3. The number of hydrogen-bond donors (Lipinski definition) is 0. The summed E-state index contributed by atoms with van der Waals surface area (Å²) in [6.07, 6.45) is 6.34. The van der Waals surface area contributed by atoms with Gasteiger partial charge in [-0.05, 0) is 48.1 Å². The highest BCUT2D eigenvalue weighted by molar-refractivity contribution is 5.74. The third-order valence-corrected chi connectivity index (χ3v) is 2.71. The zero-order valence-corrected chi connectivity index (χ0v) is 9.71. The van der Waals surface area contributed by atoms with Crippen LogP contribution < -0.4 is 0 Å². The van der Waals surface area contributed by atoms with Gasteiger partial charge in [0.1, 0.15) is 6.29 Å². The molecule has 0 atom stereocenters. The van der Waals surface area contributed by atoms with Crippen molar-refractivity contribution in [3.63, 3.8) is 0 Å².